The van der Waals surface area contributed by atoms with Gasteiger partial charge in [-0.3, -0.25) is 10.1 Å². The molecule has 0 heterocycles. The minimum Gasteiger partial charge on any atom is -0.330 e. The van der Waals surface area contributed by atoms with Crippen molar-refractivity contribution in [2.75, 3.05) is 6.54 Å². The highest BCUT2D eigenvalue weighted by atomic mass is 79.9. The first kappa shape index (κ1) is 11.1. The van der Waals surface area contributed by atoms with Gasteiger partial charge in [-0.15, -0.1) is 0 Å². The van der Waals surface area contributed by atoms with Crippen molar-refractivity contribution in [3.8, 4) is 0 Å². The highest BCUT2D eigenvalue weighted by molar-refractivity contribution is 9.10. The zero-order valence-corrected chi connectivity index (χ0v) is 9.32. The Bertz CT molecular complexity index is 355. The SMILES string of the molecule is CC(CN)c1ccc([N+](=O)[O-])cc1Br. The number of nitrogens with zero attached hydrogens (tertiary/aromatic N) is 1. The molecule has 0 fully saturated rings. The Balaban J connectivity index is 3.07. The van der Waals surface area contributed by atoms with Gasteiger partial charge in [0, 0.05) is 16.6 Å². The summed E-state index contributed by atoms with van der Waals surface area (Å²) >= 11 is 3.30. The third-order valence-corrected chi connectivity index (χ3v) is 2.77. The number of nitro groups is 1. The molecule has 0 aliphatic heterocycles. The van der Waals surface area contributed by atoms with E-state index in [1.807, 2.05) is 6.92 Å². The van der Waals surface area contributed by atoms with Crippen LogP contribution in [0.25, 0.3) is 0 Å². The molecular formula is C9H11BrN2O2. The van der Waals surface area contributed by atoms with Crippen LogP contribution in [0.5, 0.6) is 0 Å². The molecule has 0 aliphatic carbocycles. The van der Waals surface area contributed by atoms with Crippen LogP contribution in [-0.2, 0) is 0 Å². The van der Waals surface area contributed by atoms with Crippen molar-refractivity contribution in [2.45, 2.75) is 12.8 Å². The number of nitrogens with two attached hydrogens (primary N) is 1. The van der Waals surface area contributed by atoms with E-state index in [0.29, 0.717) is 6.54 Å². The summed E-state index contributed by atoms with van der Waals surface area (Å²) in [6, 6.07) is 4.73. The van der Waals surface area contributed by atoms with E-state index in [2.05, 4.69) is 15.9 Å². The molecule has 0 aliphatic rings. The minimum atomic E-state index is -0.415. The normalized spacial score (nSPS) is 12.5. The number of non-ortho nitro benzene ring substituents is 1. The Hall–Kier alpha value is -0.940. The van der Waals surface area contributed by atoms with E-state index in [1.54, 1.807) is 6.07 Å². The van der Waals surface area contributed by atoms with Crippen LogP contribution in [0, 0.1) is 10.1 Å². The standard InChI is InChI=1S/C9H11BrN2O2/c1-6(5-11)8-3-2-7(12(13)14)4-9(8)10/h2-4,6H,5,11H2,1H3. The van der Waals surface area contributed by atoms with E-state index in [9.17, 15) is 10.1 Å². The van der Waals surface area contributed by atoms with Gasteiger partial charge in [-0.1, -0.05) is 28.9 Å². The van der Waals surface area contributed by atoms with Gasteiger partial charge in [-0.2, -0.15) is 0 Å². The Morgan fingerprint density at radius 2 is 2.29 bits per heavy atom. The maximum Gasteiger partial charge on any atom is 0.270 e. The van der Waals surface area contributed by atoms with Gasteiger partial charge < -0.3 is 5.73 Å². The predicted molar refractivity (Wildman–Crippen MR) is 58.3 cm³/mol. The van der Waals surface area contributed by atoms with Gasteiger partial charge in [-0.05, 0) is 18.0 Å². The summed E-state index contributed by atoms with van der Waals surface area (Å²) in [5.41, 5.74) is 6.60. The van der Waals surface area contributed by atoms with E-state index in [0.717, 1.165) is 10.0 Å². The molecule has 0 bridgehead atoms. The average Bonchev–Trinajstić information content (AvgIpc) is 2.16. The van der Waals surface area contributed by atoms with Gasteiger partial charge in [0.25, 0.3) is 5.69 Å². The lowest BCUT2D eigenvalue weighted by Gasteiger charge is -2.10. The molecule has 5 heteroatoms. The summed E-state index contributed by atoms with van der Waals surface area (Å²) in [5.74, 6) is 0.199. The van der Waals surface area contributed by atoms with Crippen molar-refractivity contribution in [3.63, 3.8) is 0 Å². The minimum absolute atomic E-state index is 0.0878. The summed E-state index contributed by atoms with van der Waals surface area (Å²) in [6.45, 7) is 2.50. The highest BCUT2D eigenvalue weighted by Crippen LogP contribution is 2.27. The molecule has 0 radical (unpaired) electrons. The van der Waals surface area contributed by atoms with Gasteiger partial charge in [0.2, 0.25) is 0 Å². The van der Waals surface area contributed by atoms with Gasteiger partial charge >= 0.3 is 0 Å². The lowest BCUT2D eigenvalue weighted by molar-refractivity contribution is -0.384. The highest BCUT2D eigenvalue weighted by Gasteiger charge is 2.12. The maximum atomic E-state index is 10.5. The van der Waals surface area contributed by atoms with Crippen molar-refractivity contribution in [3.05, 3.63) is 38.3 Å². The first-order chi connectivity index (χ1) is 6.56. The smallest absolute Gasteiger partial charge is 0.270 e. The zero-order chi connectivity index (χ0) is 10.7. The second-order valence-electron chi connectivity index (χ2n) is 3.10. The maximum absolute atomic E-state index is 10.5. The summed E-state index contributed by atoms with van der Waals surface area (Å²) in [6.07, 6.45) is 0. The number of hydrogen-bond donors (Lipinski definition) is 1. The fraction of sp³-hybridized carbons (Fsp3) is 0.333. The Morgan fingerprint density at radius 3 is 2.71 bits per heavy atom. The van der Waals surface area contributed by atoms with Crippen LogP contribution in [0.4, 0.5) is 5.69 Å². The van der Waals surface area contributed by atoms with Crippen LogP contribution in [0.15, 0.2) is 22.7 Å². The lowest BCUT2D eigenvalue weighted by Crippen LogP contribution is -2.09. The molecule has 0 saturated heterocycles. The fourth-order valence-corrected chi connectivity index (χ4v) is 1.91. The molecular weight excluding hydrogens is 248 g/mol. The lowest BCUT2D eigenvalue weighted by atomic mass is 10.0. The summed E-state index contributed by atoms with van der Waals surface area (Å²) in [4.78, 5) is 10.0. The Labute approximate surface area is 90.4 Å². The predicted octanol–water partition coefficient (Wildman–Crippen LogP) is 2.42. The molecule has 1 atom stereocenters. The molecule has 0 spiro atoms. The number of rotatable bonds is 3. The molecule has 1 aromatic rings. The molecule has 1 unspecified atom stereocenters. The third-order valence-electron chi connectivity index (χ3n) is 2.08. The van der Waals surface area contributed by atoms with Gasteiger partial charge in [0.05, 0.1) is 4.92 Å². The van der Waals surface area contributed by atoms with Crippen molar-refractivity contribution < 1.29 is 4.92 Å². The largest absolute Gasteiger partial charge is 0.330 e. The molecule has 4 nitrogen and oxygen atoms in total. The van der Waals surface area contributed by atoms with E-state index in [4.69, 9.17) is 5.73 Å². The number of halogens is 1. The number of hydrogen-bond acceptors (Lipinski definition) is 3. The monoisotopic (exact) mass is 258 g/mol. The molecule has 76 valence electrons. The summed E-state index contributed by atoms with van der Waals surface area (Å²) in [7, 11) is 0. The van der Waals surface area contributed by atoms with E-state index in [-0.39, 0.29) is 11.6 Å². The van der Waals surface area contributed by atoms with E-state index < -0.39 is 4.92 Å². The number of nitro benzene ring substituents is 1. The third kappa shape index (κ3) is 2.30. The van der Waals surface area contributed by atoms with Crippen LogP contribution >= 0.6 is 15.9 Å². The quantitative estimate of drug-likeness (QED) is 0.669. The Morgan fingerprint density at radius 1 is 1.64 bits per heavy atom. The van der Waals surface area contributed by atoms with Gasteiger partial charge in [0.15, 0.2) is 0 Å². The molecule has 0 saturated carbocycles. The van der Waals surface area contributed by atoms with Crippen molar-refractivity contribution in [1.29, 1.82) is 0 Å². The van der Waals surface area contributed by atoms with Crippen molar-refractivity contribution >= 4 is 21.6 Å². The second-order valence-corrected chi connectivity index (χ2v) is 3.95. The number of benzene rings is 1. The Kier molecular flexibility index (Phi) is 3.60. The molecule has 2 N–H and O–H groups in total. The van der Waals surface area contributed by atoms with Crippen LogP contribution in [0.2, 0.25) is 0 Å². The van der Waals surface area contributed by atoms with E-state index in [1.165, 1.54) is 12.1 Å². The fourth-order valence-electron chi connectivity index (χ4n) is 1.16. The molecule has 1 aromatic carbocycles. The first-order valence-corrected chi connectivity index (χ1v) is 4.99. The summed E-state index contributed by atoms with van der Waals surface area (Å²) in [5, 5.41) is 10.5. The van der Waals surface area contributed by atoms with Gasteiger partial charge in [-0.25, -0.2) is 0 Å². The van der Waals surface area contributed by atoms with Crippen LogP contribution in [0.1, 0.15) is 18.4 Å². The summed E-state index contributed by atoms with van der Waals surface area (Å²) < 4.78 is 0.740. The average molecular weight is 259 g/mol. The second kappa shape index (κ2) is 4.52. The first-order valence-electron chi connectivity index (χ1n) is 4.20. The van der Waals surface area contributed by atoms with Crippen LogP contribution in [0.3, 0.4) is 0 Å². The molecule has 14 heavy (non-hydrogen) atoms. The topological polar surface area (TPSA) is 69.2 Å². The molecule has 0 amide bonds. The van der Waals surface area contributed by atoms with Crippen LogP contribution in [-0.4, -0.2) is 11.5 Å². The van der Waals surface area contributed by atoms with Crippen molar-refractivity contribution in [2.24, 2.45) is 5.73 Å². The van der Waals surface area contributed by atoms with E-state index >= 15 is 0 Å². The van der Waals surface area contributed by atoms with Crippen LogP contribution < -0.4 is 5.73 Å². The zero-order valence-electron chi connectivity index (χ0n) is 7.74. The van der Waals surface area contributed by atoms with Gasteiger partial charge in [0.1, 0.15) is 0 Å². The molecule has 0 aromatic heterocycles. The van der Waals surface area contributed by atoms with Crippen molar-refractivity contribution in [1.82, 2.24) is 0 Å². The molecule has 1 rings (SSSR count).